The average molecular weight is 503 g/mol. The summed E-state index contributed by atoms with van der Waals surface area (Å²) < 4.78 is 0. The molecule has 0 aromatic carbocycles. The highest BCUT2D eigenvalue weighted by Gasteiger charge is 2.12. The largest absolute Gasteiger partial charge is 0.357 e. The van der Waals surface area contributed by atoms with Gasteiger partial charge in [-0.1, -0.05) is 19.2 Å². The number of hydrogen-bond donors (Lipinski definition) is 3. The number of hydrogen-bond acceptors (Lipinski definition) is 6. The van der Waals surface area contributed by atoms with Crippen molar-refractivity contribution in [3.63, 3.8) is 0 Å². The predicted octanol–water partition coefficient (Wildman–Crippen LogP) is 4.19. The van der Waals surface area contributed by atoms with Gasteiger partial charge in [-0.2, -0.15) is 5.10 Å². The van der Waals surface area contributed by atoms with E-state index in [1.807, 2.05) is 57.0 Å². The molecule has 5 aromatic heterocycles. The summed E-state index contributed by atoms with van der Waals surface area (Å²) >= 11 is 0. The molecule has 0 spiro atoms. The number of aromatic nitrogens is 6. The topological polar surface area (TPSA) is 98.4 Å². The number of nitrogens with zero attached hydrogens (tertiary/aromatic N) is 5. The maximum absolute atomic E-state index is 4.56. The molecule has 38 heavy (non-hydrogen) atoms. The molecule has 8 nitrogen and oxygen atoms in total. The Morgan fingerprint density at radius 2 is 1.84 bits per heavy atom. The SMILES string of the molecule is C=C(CN(C)C)Nc1cncc(/C(C)=C/C=c2/[nH]nc(-c3cc4c(-c5ccncc5)cncc4[nH]3)c2=C)c1. The fourth-order valence-corrected chi connectivity index (χ4v) is 4.33. The zero-order chi connectivity index (χ0) is 26.6. The molecule has 0 bridgehead atoms. The second-order valence-electron chi connectivity index (χ2n) is 9.48. The highest BCUT2D eigenvalue weighted by Crippen LogP contribution is 2.29. The summed E-state index contributed by atoms with van der Waals surface area (Å²) in [6, 6.07) is 8.12. The quantitative estimate of drug-likeness (QED) is 0.294. The summed E-state index contributed by atoms with van der Waals surface area (Å²) in [6.45, 7) is 11.2. The van der Waals surface area contributed by atoms with E-state index in [2.05, 4.69) is 72.6 Å². The zero-order valence-electron chi connectivity index (χ0n) is 21.8. The molecule has 5 aromatic rings. The van der Waals surface area contributed by atoms with E-state index in [0.29, 0.717) is 0 Å². The van der Waals surface area contributed by atoms with Gasteiger partial charge in [-0.25, -0.2) is 0 Å². The van der Waals surface area contributed by atoms with Crippen molar-refractivity contribution < 1.29 is 0 Å². The molecule has 0 radical (unpaired) electrons. The molecule has 0 aliphatic heterocycles. The Labute approximate surface area is 221 Å². The van der Waals surface area contributed by atoms with Gasteiger partial charge in [-0.3, -0.25) is 20.1 Å². The molecule has 8 heteroatoms. The van der Waals surface area contributed by atoms with Crippen molar-refractivity contribution in [2.24, 2.45) is 0 Å². The fraction of sp³-hybridized carbons (Fsp3) is 0.133. The van der Waals surface area contributed by atoms with Crippen LogP contribution in [0.4, 0.5) is 5.69 Å². The molecule has 0 fully saturated rings. The Hall–Kier alpha value is -4.82. The Bertz CT molecular complexity index is 1740. The first-order valence-corrected chi connectivity index (χ1v) is 12.2. The molecule has 0 amide bonds. The summed E-state index contributed by atoms with van der Waals surface area (Å²) in [5.41, 5.74) is 8.58. The molecule has 0 unspecified atom stereocenters. The van der Waals surface area contributed by atoms with E-state index in [1.165, 1.54) is 0 Å². The van der Waals surface area contributed by atoms with Gasteiger partial charge in [0.2, 0.25) is 0 Å². The van der Waals surface area contributed by atoms with Crippen molar-refractivity contribution >= 4 is 34.8 Å². The minimum atomic E-state index is 0.749. The van der Waals surface area contributed by atoms with Crippen molar-refractivity contribution in [1.82, 2.24) is 35.0 Å². The van der Waals surface area contributed by atoms with Crippen molar-refractivity contribution in [1.29, 1.82) is 0 Å². The van der Waals surface area contributed by atoms with E-state index in [4.69, 9.17) is 0 Å². The van der Waals surface area contributed by atoms with Gasteiger partial charge in [0.25, 0.3) is 0 Å². The number of rotatable bonds is 8. The van der Waals surface area contributed by atoms with Gasteiger partial charge in [0.05, 0.1) is 34.6 Å². The summed E-state index contributed by atoms with van der Waals surface area (Å²) in [5, 5.41) is 13.7. The van der Waals surface area contributed by atoms with E-state index in [-0.39, 0.29) is 0 Å². The minimum Gasteiger partial charge on any atom is -0.357 e. The van der Waals surface area contributed by atoms with Crippen molar-refractivity contribution in [3.05, 3.63) is 95.9 Å². The maximum Gasteiger partial charge on any atom is 0.116 e. The fourth-order valence-electron chi connectivity index (χ4n) is 4.33. The highest BCUT2D eigenvalue weighted by molar-refractivity contribution is 5.97. The lowest BCUT2D eigenvalue weighted by atomic mass is 10.1. The van der Waals surface area contributed by atoms with E-state index in [0.717, 1.165) is 73.1 Å². The average Bonchev–Trinajstić information content (AvgIpc) is 3.50. The van der Waals surface area contributed by atoms with Crippen LogP contribution >= 0.6 is 0 Å². The van der Waals surface area contributed by atoms with Gasteiger partial charge >= 0.3 is 0 Å². The van der Waals surface area contributed by atoms with Crippen molar-refractivity contribution in [2.45, 2.75) is 6.92 Å². The van der Waals surface area contributed by atoms with Crippen LogP contribution in [0.2, 0.25) is 0 Å². The normalized spacial score (nSPS) is 12.4. The molecule has 0 atom stereocenters. The summed E-state index contributed by atoms with van der Waals surface area (Å²) in [6.07, 6.45) is 14.9. The highest BCUT2D eigenvalue weighted by atomic mass is 15.1. The molecular formula is C30H30N8. The van der Waals surface area contributed by atoms with Gasteiger partial charge in [-0.15, -0.1) is 0 Å². The first-order chi connectivity index (χ1) is 18.4. The van der Waals surface area contributed by atoms with Gasteiger partial charge in [0.15, 0.2) is 0 Å². The molecule has 0 aliphatic rings. The third-order valence-electron chi connectivity index (χ3n) is 6.21. The lowest BCUT2D eigenvalue weighted by molar-refractivity contribution is 0.447. The number of likely N-dealkylation sites (N-methyl/N-ethyl adjacent to an activating group) is 1. The molecule has 3 N–H and O–H groups in total. The molecule has 5 rings (SSSR count). The number of pyridine rings is 3. The van der Waals surface area contributed by atoms with Crippen LogP contribution in [-0.2, 0) is 0 Å². The second-order valence-corrected chi connectivity index (χ2v) is 9.48. The number of anilines is 1. The van der Waals surface area contributed by atoms with Gasteiger partial charge in [-0.05, 0) is 68.1 Å². The van der Waals surface area contributed by atoms with Crippen LogP contribution in [0.5, 0.6) is 0 Å². The molecule has 0 aliphatic carbocycles. The third-order valence-corrected chi connectivity index (χ3v) is 6.21. The Morgan fingerprint density at radius 1 is 1.05 bits per heavy atom. The van der Waals surface area contributed by atoms with Crippen molar-refractivity contribution in [3.8, 4) is 22.5 Å². The van der Waals surface area contributed by atoms with Crippen LogP contribution < -0.4 is 15.9 Å². The van der Waals surface area contributed by atoms with E-state index < -0.39 is 0 Å². The van der Waals surface area contributed by atoms with Crippen LogP contribution in [0.3, 0.4) is 0 Å². The predicted molar refractivity (Wildman–Crippen MR) is 155 cm³/mol. The van der Waals surface area contributed by atoms with E-state index in [9.17, 15) is 0 Å². The van der Waals surface area contributed by atoms with E-state index >= 15 is 0 Å². The second kappa shape index (κ2) is 10.7. The number of allylic oxidation sites excluding steroid dienone is 2. The number of aromatic amines is 2. The lowest BCUT2D eigenvalue weighted by Crippen LogP contribution is -2.21. The standard InChI is InChI=1S/C30H30N8/c1-19(23-12-24(15-32-14-23)34-20(2)18-38(4)5)6-7-27-21(3)30(37-36-27)28-13-25-26(16-33-17-29(25)35-28)22-8-10-31-11-9-22/h6-17,34-36H,2-3,18H2,1,4-5H3/b19-6+,27-7+. The Kier molecular flexibility index (Phi) is 6.97. The molecule has 0 saturated heterocycles. The minimum absolute atomic E-state index is 0.749. The van der Waals surface area contributed by atoms with Gasteiger partial charge in [0.1, 0.15) is 5.69 Å². The summed E-state index contributed by atoms with van der Waals surface area (Å²) in [5.74, 6) is 0. The number of fused-ring (bicyclic) bond motifs is 1. The molecular weight excluding hydrogens is 472 g/mol. The smallest absolute Gasteiger partial charge is 0.116 e. The number of H-pyrrole nitrogens is 2. The van der Waals surface area contributed by atoms with Crippen LogP contribution in [0.1, 0.15) is 12.5 Å². The Balaban J connectivity index is 1.42. The van der Waals surface area contributed by atoms with Crippen LogP contribution in [0, 0.1) is 0 Å². The molecule has 190 valence electrons. The summed E-state index contributed by atoms with van der Waals surface area (Å²) in [7, 11) is 4.02. The first kappa shape index (κ1) is 24.9. The number of nitrogens with one attached hydrogen (secondary N) is 3. The van der Waals surface area contributed by atoms with Gasteiger partial charge in [0, 0.05) is 53.2 Å². The molecule has 0 saturated carbocycles. The summed E-state index contributed by atoms with van der Waals surface area (Å²) in [4.78, 5) is 18.4. The van der Waals surface area contributed by atoms with Crippen LogP contribution in [0.15, 0.2) is 79.8 Å². The van der Waals surface area contributed by atoms with Gasteiger partial charge < -0.3 is 15.2 Å². The zero-order valence-corrected chi connectivity index (χ0v) is 21.8. The van der Waals surface area contributed by atoms with Crippen LogP contribution in [0.25, 0.3) is 51.6 Å². The lowest BCUT2D eigenvalue weighted by Gasteiger charge is -2.14. The maximum atomic E-state index is 4.56. The Morgan fingerprint density at radius 3 is 2.63 bits per heavy atom. The monoisotopic (exact) mass is 502 g/mol. The van der Waals surface area contributed by atoms with E-state index in [1.54, 1.807) is 18.6 Å². The third kappa shape index (κ3) is 5.30. The molecule has 5 heterocycles. The van der Waals surface area contributed by atoms with Crippen molar-refractivity contribution in [2.75, 3.05) is 26.0 Å². The van der Waals surface area contributed by atoms with Crippen LogP contribution in [-0.4, -0.2) is 55.7 Å². The first-order valence-electron chi connectivity index (χ1n) is 12.2.